The Labute approximate surface area is 509 Å². The number of rotatable bonds is 65. The fourth-order valence-corrected chi connectivity index (χ4v) is 10.3. The number of esters is 3. The van der Waals surface area contributed by atoms with Gasteiger partial charge in [-0.3, -0.25) is 14.4 Å². The average molecular weight is 1140 g/mol. The van der Waals surface area contributed by atoms with E-state index in [1.807, 2.05) is 0 Å². The van der Waals surface area contributed by atoms with Gasteiger partial charge in [-0.15, -0.1) is 0 Å². The van der Waals surface area contributed by atoms with Crippen molar-refractivity contribution in [3.63, 3.8) is 0 Å². The van der Waals surface area contributed by atoms with Crippen molar-refractivity contribution in [2.75, 3.05) is 13.2 Å². The maximum absolute atomic E-state index is 12.9. The third kappa shape index (κ3) is 67.4. The molecule has 0 radical (unpaired) electrons. The molecule has 0 rings (SSSR count). The van der Waals surface area contributed by atoms with Crippen LogP contribution in [0.2, 0.25) is 0 Å². The number of unbranched alkanes of at least 4 members (excludes halogenated alkanes) is 40. The highest BCUT2D eigenvalue weighted by Gasteiger charge is 2.19. The molecule has 0 fully saturated rings. The Bertz CT molecular complexity index is 1550. The van der Waals surface area contributed by atoms with E-state index in [2.05, 4.69) is 106 Å². The Kier molecular flexibility index (Phi) is 67.2. The van der Waals surface area contributed by atoms with Crippen LogP contribution in [0.5, 0.6) is 0 Å². The Morgan fingerprint density at radius 3 is 0.780 bits per heavy atom. The fourth-order valence-electron chi connectivity index (χ4n) is 10.3. The van der Waals surface area contributed by atoms with Crippen LogP contribution in [0.15, 0.2) is 85.1 Å². The largest absolute Gasteiger partial charge is 0.462 e. The summed E-state index contributed by atoms with van der Waals surface area (Å²) in [6, 6.07) is 0. The normalized spacial score (nSPS) is 12.6. The van der Waals surface area contributed by atoms with Gasteiger partial charge in [0, 0.05) is 19.3 Å². The first kappa shape index (κ1) is 78.6. The number of hydrogen-bond donors (Lipinski definition) is 0. The molecule has 0 saturated carbocycles. The molecule has 0 bridgehead atoms. The molecule has 0 aromatic heterocycles. The Morgan fingerprint density at radius 2 is 0.476 bits per heavy atom. The third-order valence-electron chi connectivity index (χ3n) is 15.6. The fraction of sp³-hybridized carbons (Fsp3) is 0.776. The monoisotopic (exact) mass is 1140 g/mol. The smallest absolute Gasteiger partial charge is 0.306 e. The Morgan fingerprint density at radius 1 is 0.256 bits per heavy atom. The first-order valence-electron chi connectivity index (χ1n) is 35.6. The average Bonchev–Trinajstić information content (AvgIpc) is 3.47. The molecule has 474 valence electrons. The molecule has 1 unspecified atom stereocenters. The molecule has 1 atom stereocenters. The van der Waals surface area contributed by atoms with E-state index in [4.69, 9.17) is 14.2 Å². The van der Waals surface area contributed by atoms with E-state index in [9.17, 15) is 14.4 Å². The van der Waals surface area contributed by atoms with Crippen LogP contribution < -0.4 is 0 Å². The maximum atomic E-state index is 12.9. The highest BCUT2D eigenvalue weighted by atomic mass is 16.6. The zero-order valence-electron chi connectivity index (χ0n) is 54.5. The summed E-state index contributed by atoms with van der Waals surface area (Å²) in [4.78, 5) is 38.5. The topological polar surface area (TPSA) is 78.9 Å². The number of carbonyl (C=O) groups excluding carboxylic acids is 3. The minimum Gasteiger partial charge on any atom is -0.462 e. The van der Waals surface area contributed by atoms with E-state index in [0.29, 0.717) is 19.3 Å². The van der Waals surface area contributed by atoms with E-state index in [-0.39, 0.29) is 37.5 Å². The van der Waals surface area contributed by atoms with Crippen LogP contribution in [-0.2, 0) is 28.6 Å². The van der Waals surface area contributed by atoms with Crippen molar-refractivity contribution in [3.05, 3.63) is 85.1 Å². The number of allylic oxidation sites excluding steroid dienone is 14. The van der Waals surface area contributed by atoms with Crippen LogP contribution in [0.25, 0.3) is 0 Å². The van der Waals surface area contributed by atoms with E-state index in [1.54, 1.807) is 0 Å². The zero-order chi connectivity index (χ0) is 59.2. The van der Waals surface area contributed by atoms with Gasteiger partial charge in [0.1, 0.15) is 13.2 Å². The minimum absolute atomic E-state index is 0.0905. The van der Waals surface area contributed by atoms with E-state index >= 15 is 0 Å². The van der Waals surface area contributed by atoms with Crippen LogP contribution in [0.4, 0.5) is 0 Å². The van der Waals surface area contributed by atoms with E-state index in [0.717, 1.165) is 89.9 Å². The summed E-state index contributed by atoms with van der Waals surface area (Å²) in [5, 5.41) is 0. The predicted octanol–water partition coefficient (Wildman–Crippen LogP) is 24.6. The van der Waals surface area contributed by atoms with Crippen molar-refractivity contribution in [1.82, 2.24) is 0 Å². The number of carbonyl (C=O) groups is 3. The van der Waals surface area contributed by atoms with Crippen LogP contribution >= 0.6 is 0 Å². The van der Waals surface area contributed by atoms with Crippen molar-refractivity contribution in [3.8, 4) is 0 Å². The first-order chi connectivity index (χ1) is 40.5. The molecular weight excluding hydrogens is 1010 g/mol. The Hall–Kier alpha value is -3.41. The summed E-state index contributed by atoms with van der Waals surface area (Å²) < 4.78 is 17.0. The van der Waals surface area contributed by atoms with Crippen molar-refractivity contribution >= 4 is 17.9 Å². The standard InChI is InChI=1S/C76H134O6/c1-4-7-10-13-16-19-22-25-28-31-34-36-37-38-39-41-42-45-48-51-54-57-60-63-66-69-75(78)81-72-73(71-80-74(77)68-65-62-59-56-53-50-47-44-33-30-27-24-21-18-15-12-9-6-3)82-76(79)70-67-64-61-58-55-52-49-46-43-40-35-32-29-26-23-20-17-14-11-8-5-2/h8,11,17,20,26,29,31,34-35,40,46,49,55,58,73H,4-7,9-10,12-16,18-19,21-25,27-28,30,32-33,36-39,41-45,47-48,50-54,56-57,59-72H2,1-3H3/b11-8-,20-17-,29-26-,34-31-,40-35-,49-46-,58-55-. The first-order valence-corrected chi connectivity index (χ1v) is 35.6. The third-order valence-corrected chi connectivity index (χ3v) is 15.6. The van der Waals surface area contributed by atoms with Crippen molar-refractivity contribution < 1.29 is 28.6 Å². The molecule has 0 aliphatic rings. The molecule has 0 aliphatic heterocycles. The van der Waals surface area contributed by atoms with Crippen molar-refractivity contribution in [2.45, 2.75) is 367 Å². The van der Waals surface area contributed by atoms with E-state index < -0.39 is 6.10 Å². The van der Waals surface area contributed by atoms with Crippen LogP contribution in [-0.4, -0.2) is 37.2 Å². The Balaban J connectivity index is 4.39. The number of hydrogen-bond acceptors (Lipinski definition) is 6. The van der Waals surface area contributed by atoms with Gasteiger partial charge in [-0.25, -0.2) is 0 Å². The lowest BCUT2D eigenvalue weighted by Gasteiger charge is -2.18. The zero-order valence-corrected chi connectivity index (χ0v) is 54.5. The molecule has 0 aromatic rings. The molecule has 6 heteroatoms. The van der Waals surface area contributed by atoms with Gasteiger partial charge in [-0.2, -0.15) is 0 Å². The second-order valence-corrected chi connectivity index (χ2v) is 23.8. The molecule has 0 N–H and O–H groups in total. The summed E-state index contributed by atoms with van der Waals surface area (Å²) in [6.07, 6.45) is 93.3. The quantitative estimate of drug-likeness (QED) is 0.0261. The van der Waals surface area contributed by atoms with Gasteiger partial charge in [0.25, 0.3) is 0 Å². The lowest BCUT2D eigenvalue weighted by atomic mass is 10.0. The summed E-state index contributed by atoms with van der Waals surface area (Å²) >= 11 is 0. The molecule has 0 heterocycles. The maximum Gasteiger partial charge on any atom is 0.306 e. The molecule has 6 nitrogen and oxygen atoms in total. The van der Waals surface area contributed by atoms with Gasteiger partial charge in [-0.1, -0.05) is 331 Å². The lowest BCUT2D eigenvalue weighted by Crippen LogP contribution is -2.30. The summed E-state index contributed by atoms with van der Waals surface area (Å²) in [5.74, 6) is -0.914. The predicted molar refractivity (Wildman–Crippen MR) is 358 cm³/mol. The summed E-state index contributed by atoms with van der Waals surface area (Å²) in [6.45, 7) is 6.55. The molecule has 0 spiro atoms. The second-order valence-electron chi connectivity index (χ2n) is 23.8. The van der Waals surface area contributed by atoms with Gasteiger partial charge in [0.05, 0.1) is 0 Å². The van der Waals surface area contributed by atoms with Crippen LogP contribution in [0.3, 0.4) is 0 Å². The highest BCUT2D eigenvalue weighted by molar-refractivity contribution is 5.71. The molecule has 0 aliphatic carbocycles. The van der Waals surface area contributed by atoms with Crippen LogP contribution in [0.1, 0.15) is 361 Å². The molecule has 0 amide bonds. The summed E-state index contributed by atoms with van der Waals surface area (Å²) in [7, 11) is 0. The number of ether oxygens (including phenoxy) is 3. The van der Waals surface area contributed by atoms with Crippen molar-refractivity contribution in [1.29, 1.82) is 0 Å². The summed E-state index contributed by atoms with van der Waals surface area (Å²) in [5.41, 5.74) is 0. The van der Waals surface area contributed by atoms with Crippen LogP contribution in [0, 0.1) is 0 Å². The van der Waals surface area contributed by atoms with Gasteiger partial charge in [0.2, 0.25) is 0 Å². The van der Waals surface area contributed by atoms with E-state index in [1.165, 1.54) is 225 Å². The lowest BCUT2D eigenvalue weighted by molar-refractivity contribution is -0.167. The van der Waals surface area contributed by atoms with Gasteiger partial charge in [-0.05, 0) is 96.3 Å². The van der Waals surface area contributed by atoms with Gasteiger partial charge >= 0.3 is 17.9 Å². The molecule has 82 heavy (non-hydrogen) atoms. The SMILES string of the molecule is CC/C=C\C/C=C\C/C=C\C/C=C\C/C=C\C/C=C\CCCCC(=O)OC(COC(=O)CCCCCCCCCCCCCCC/C=C\CCCCCCCCCC)COC(=O)CCCCCCCCCCCCCCCCCCCC. The van der Waals surface area contributed by atoms with Gasteiger partial charge < -0.3 is 14.2 Å². The second kappa shape index (κ2) is 70.1. The molecule has 0 aromatic carbocycles. The minimum atomic E-state index is -0.800. The molecule has 0 saturated heterocycles. The van der Waals surface area contributed by atoms with Gasteiger partial charge in [0.15, 0.2) is 6.10 Å². The van der Waals surface area contributed by atoms with Crippen molar-refractivity contribution in [2.24, 2.45) is 0 Å². The molecular formula is C76H134O6. The highest BCUT2D eigenvalue weighted by Crippen LogP contribution is 2.18.